The fraction of sp³-hybridized carbons (Fsp3) is 0.714. The molecule has 0 saturated carbocycles. The molecule has 0 N–H and O–H groups in total. The Bertz CT molecular complexity index is 400. The molecule has 1 aromatic rings. The van der Waals surface area contributed by atoms with E-state index in [1.165, 1.54) is 12.8 Å². The Hall–Kier alpha value is -1.32. The minimum absolute atomic E-state index is 0.169. The standard InChI is InChI=1S/C14H22N2O2/c1-3-12-5-4-7-16(8-6-12)14(17)10-13-9-11(2)15-18-13/h9,12H,3-8,10H2,1-2H3/t12-/m1/s1. The highest BCUT2D eigenvalue weighted by Gasteiger charge is 2.20. The maximum Gasteiger partial charge on any atom is 0.230 e. The number of aromatic nitrogens is 1. The summed E-state index contributed by atoms with van der Waals surface area (Å²) in [6.45, 7) is 5.89. The zero-order valence-corrected chi connectivity index (χ0v) is 11.3. The number of nitrogens with zero attached hydrogens (tertiary/aromatic N) is 2. The van der Waals surface area contributed by atoms with Crippen LogP contribution in [-0.4, -0.2) is 29.1 Å². The maximum absolute atomic E-state index is 12.2. The van der Waals surface area contributed by atoms with E-state index in [-0.39, 0.29) is 5.91 Å². The van der Waals surface area contributed by atoms with Crippen LogP contribution in [0.15, 0.2) is 10.6 Å². The van der Waals surface area contributed by atoms with Crippen LogP contribution >= 0.6 is 0 Å². The number of hydrogen-bond acceptors (Lipinski definition) is 3. The molecule has 18 heavy (non-hydrogen) atoms. The van der Waals surface area contributed by atoms with Crippen LogP contribution in [0.3, 0.4) is 0 Å². The molecule has 1 atom stereocenters. The summed E-state index contributed by atoms with van der Waals surface area (Å²) >= 11 is 0. The summed E-state index contributed by atoms with van der Waals surface area (Å²) in [5, 5.41) is 3.81. The second kappa shape index (κ2) is 6.03. The minimum atomic E-state index is 0.169. The van der Waals surface area contributed by atoms with Gasteiger partial charge >= 0.3 is 0 Å². The summed E-state index contributed by atoms with van der Waals surface area (Å²) in [6.07, 6.45) is 5.08. The molecule has 1 aromatic heterocycles. The van der Waals surface area contributed by atoms with Crippen molar-refractivity contribution in [2.75, 3.05) is 13.1 Å². The molecule has 4 nitrogen and oxygen atoms in total. The molecule has 2 heterocycles. The van der Waals surface area contributed by atoms with E-state index in [9.17, 15) is 4.79 Å². The van der Waals surface area contributed by atoms with Gasteiger partial charge in [-0.05, 0) is 32.1 Å². The van der Waals surface area contributed by atoms with Crippen molar-refractivity contribution in [1.29, 1.82) is 0 Å². The predicted octanol–water partition coefficient (Wildman–Crippen LogP) is 2.56. The molecule has 0 aliphatic carbocycles. The zero-order valence-electron chi connectivity index (χ0n) is 11.3. The normalized spacial score (nSPS) is 20.8. The van der Waals surface area contributed by atoms with Crippen molar-refractivity contribution in [2.24, 2.45) is 5.92 Å². The third-order valence-corrected chi connectivity index (χ3v) is 3.78. The molecule has 0 bridgehead atoms. The lowest BCUT2D eigenvalue weighted by Crippen LogP contribution is -2.33. The quantitative estimate of drug-likeness (QED) is 0.828. The minimum Gasteiger partial charge on any atom is -0.361 e. The topological polar surface area (TPSA) is 46.3 Å². The molecule has 1 fully saturated rings. The van der Waals surface area contributed by atoms with E-state index < -0.39 is 0 Å². The Morgan fingerprint density at radius 2 is 2.33 bits per heavy atom. The zero-order chi connectivity index (χ0) is 13.0. The first-order valence-electron chi connectivity index (χ1n) is 6.89. The van der Waals surface area contributed by atoms with Gasteiger partial charge in [-0.3, -0.25) is 4.79 Å². The number of amides is 1. The first-order valence-corrected chi connectivity index (χ1v) is 6.89. The molecule has 0 aromatic carbocycles. The summed E-state index contributed by atoms with van der Waals surface area (Å²) in [4.78, 5) is 14.1. The van der Waals surface area contributed by atoms with Gasteiger partial charge in [-0.1, -0.05) is 18.5 Å². The summed E-state index contributed by atoms with van der Waals surface area (Å²) in [6, 6.07) is 1.84. The third kappa shape index (κ3) is 3.34. The lowest BCUT2D eigenvalue weighted by Gasteiger charge is -2.19. The summed E-state index contributed by atoms with van der Waals surface area (Å²) < 4.78 is 5.10. The Morgan fingerprint density at radius 3 is 3.00 bits per heavy atom. The molecule has 0 spiro atoms. The Kier molecular flexibility index (Phi) is 4.39. The number of aryl methyl sites for hydroxylation is 1. The first kappa shape index (κ1) is 13.1. The second-order valence-electron chi connectivity index (χ2n) is 5.20. The largest absolute Gasteiger partial charge is 0.361 e. The van der Waals surface area contributed by atoms with Gasteiger partial charge in [-0.15, -0.1) is 0 Å². The lowest BCUT2D eigenvalue weighted by molar-refractivity contribution is -0.130. The van der Waals surface area contributed by atoms with Crippen molar-refractivity contribution < 1.29 is 9.32 Å². The van der Waals surface area contributed by atoms with E-state index >= 15 is 0 Å². The summed E-state index contributed by atoms with van der Waals surface area (Å²) in [5.74, 6) is 1.63. The molecule has 0 radical (unpaired) electrons. The van der Waals surface area contributed by atoms with Crippen molar-refractivity contribution in [3.05, 3.63) is 17.5 Å². The number of hydrogen-bond donors (Lipinski definition) is 0. The van der Waals surface area contributed by atoms with E-state index in [2.05, 4.69) is 12.1 Å². The number of carbonyl (C=O) groups is 1. The Labute approximate surface area is 108 Å². The monoisotopic (exact) mass is 250 g/mol. The van der Waals surface area contributed by atoms with Crippen LogP contribution in [-0.2, 0) is 11.2 Å². The highest BCUT2D eigenvalue weighted by Crippen LogP contribution is 2.20. The molecular formula is C14H22N2O2. The number of carbonyl (C=O) groups excluding carboxylic acids is 1. The molecule has 1 amide bonds. The highest BCUT2D eigenvalue weighted by molar-refractivity contribution is 5.78. The average molecular weight is 250 g/mol. The molecule has 4 heteroatoms. The van der Waals surface area contributed by atoms with E-state index in [1.807, 2.05) is 17.9 Å². The van der Waals surface area contributed by atoms with Gasteiger partial charge in [0.25, 0.3) is 0 Å². The third-order valence-electron chi connectivity index (χ3n) is 3.78. The van der Waals surface area contributed by atoms with Crippen molar-refractivity contribution in [2.45, 2.75) is 46.0 Å². The van der Waals surface area contributed by atoms with Crippen molar-refractivity contribution >= 4 is 5.91 Å². The lowest BCUT2D eigenvalue weighted by atomic mass is 9.98. The average Bonchev–Trinajstić information content (AvgIpc) is 2.65. The SMILES string of the molecule is CC[C@@H]1CCCN(C(=O)Cc2cc(C)no2)CC1. The number of likely N-dealkylation sites (tertiary alicyclic amines) is 1. The van der Waals surface area contributed by atoms with Crippen LogP contribution in [0.2, 0.25) is 0 Å². The van der Waals surface area contributed by atoms with E-state index in [1.54, 1.807) is 0 Å². The van der Waals surface area contributed by atoms with Crippen LogP contribution in [0.25, 0.3) is 0 Å². The van der Waals surface area contributed by atoms with E-state index in [4.69, 9.17) is 4.52 Å². The molecule has 0 unspecified atom stereocenters. The van der Waals surface area contributed by atoms with Crippen LogP contribution in [0.1, 0.15) is 44.1 Å². The molecule has 2 rings (SSSR count). The Balaban J connectivity index is 1.89. The highest BCUT2D eigenvalue weighted by atomic mass is 16.5. The van der Waals surface area contributed by atoms with Crippen molar-refractivity contribution in [3.63, 3.8) is 0 Å². The van der Waals surface area contributed by atoms with Gasteiger partial charge in [0.2, 0.25) is 5.91 Å². The second-order valence-corrected chi connectivity index (χ2v) is 5.20. The predicted molar refractivity (Wildman–Crippen MR) is 69.2 cm³/mol. The fourth-order valence-corrected chi connectivity index (χ4v) is 2.58. The number of rotatable bonds is 3. The Morgan fingerprint density at radius 1 is 1.50 bits per heavy atom. The van der Waals surface area contributed by atoms with Crippen LogP contribution in [0, 0.1) is 12.8 Å². The van der Waals surface area contributed by atoms with Gasteiger partial charge < -0.3 is 9.42 Å². The van der Waals surface area contributed by atoms with Gasteiger partial charge in [-0.2, -0.15) is 0 Å². The van der Waals surface area contributed by atoms with Crippen LogP contribution in [0.4, 0.5) is 0 Å². The smallest absolute Gasteiger partial charge is 0.230 e. The van der Waals surface area contributed by atoms with Gasteiger partial charge in [-0.25, -0.2) is 0 Å². The molecule has 1 aliphatic heterocycles. The van der Waals surface area contributed by atoms with E-state index in [0.29, 0.717) is 12.2 Å². The molecular weight excluding hydrogens is 228 g/mol. The van der Waals surface area contributed by atoms with E-state index in [0.717, 1.165) is 37.5 Å². The van der Waals surface area contributed by atoms with Gasteiger partial charge in [0.05, 0.1) is 12.1 Å². The van der Waals surface area contributed by atoms with Crippen molar-refractivity contribution in [3.8, 4) is 0 Å². The molecule has 1 saturated heterocycles. The van der Waals surface area contributed by atoms with Crippen LogP contribution < -0.4 is 0 Å². The van der Waals surface area contributed by atoms with Crippen molar-refractivity contribution in [1.82, 2.24) is 10.1 Å². The summed E-state index contributed by atoms with van der Waals surface area (Å²) in [5.41, 5.74) is 0.833. The first-order chi connectivity index (χ1) is 8.69. The molecule has 100 valence electrons. The van der Waals surface area contributed by atoms with Gasteiger partial charge in [0.15, 0.2) is 0 Å². The van der Waals surface area contributed by atoms with Crippen LogP contribution in [0.5, 0.6) is 0 Å². The van der Waals surface area contributed by atoms with Gasteiger partial charge in [0, 0.05) is 19.2 Å². The van der Waals surface area contributed by atoms with Gasteiger partial charge in [0.1, 0.15) is 5.76 Å². The maximum atomic E-state index is 12.2. The fourth-order valence-electron chi connectivity index (χ4n) is 2.58. The molecule has 1 aliphatic rings. The summed E-state index contributed by atoms with van der Waals surface area (Å²) in [7, 11) is 0.